The van der Waals surface area contributed by atoms with Crippen LogP contribution in [0.4, 0.5) is 5.69 Å². The van der Waals surface area contributed by atoms with Crippen LogP contribution in [0.25, 0.3) is 49.4 Å². The first-order valence-corrected chi connectivity index (χ1v) is 14.9. The molecular formula is C38H31IrN4. The summed E-state index contributed by atoms with van der Waals surface area (Å²) in [6.45, 7) is 2.25. The second-order valence-electron chi connectivity index (χ2n) is 11.2. The first-order chi connectivity index (χ1) is 20.8. The van der Waals surface area contributed by atoms with Crippen molar-refractivity contribution in [1.29, 1.82) is 0 Å². The molecule has 43 heavy (non-hydrogen) atoms. The molecule has 0 spiro atoms. The van der Waals surface area contributed by atoms with Crippen LogP contribution in [0.5, 0.6) is 0 Å². The minimum atomic E-state index is 0. The number of hydrogen-bond acceptors (Lipinski definition) is 3. The van der Waals surface area contributed by atoms with Crippen LogP contribution >= 0.6 is 0 Å². The number of pyridine rings is 1. The molecule has 1 fully saturated rings. The van der Waals surface area contributed by atoms with Gasteiger partial charge in [-0.2, -0.15) is 18.8 Å². The number of rotatable bonds is 3. The molecule has 0 amide bonds. The fourth-order valence-corrected chi connectivity index (χ4v) is 6.69. The summed E-state index contributed by atoms with van der Waals surface area (Å²) >= 11 is 0. The predicted molar refractivity (Wildman–Crippen MR) is 173 cm³/mol. The quantitative estimate of drug-likeness (QED) is 0.169. The van der Waals surface area contributed by atoms with E-state index in [1.165, 1.54) is 70.2 Å². The van der Waals surface area contributed by atoms with Gasteiger partial charge in [-0.15, -0.1) is 53.0 Å². The largest absolute Gasteiger partial charge is 3.00 e. The van der Waals surface area contributed by atoms with Gasteiger partial charge in [0.1, 0.15) is 0 Å². The van der Waals surface area contributed by atoms with Crippen molar-refractivity contribution in [3.63, 3.8) is 0 Å². The normalized spacial score (nSPS) is 15.3. The van der Waals surface area contributed by atoms with Crippen molar-refractivity contribution < 1.29 is 20.1 Å². The molecule has 0 unspecified atom stereocenters. The Morgan fingerprint density at radius 3 is 2.33 bits per heavy atom. The van der Waals surface area contributed by atoms with E-state index < -0.39 is 0 Å². The minimum Gasteiger partial charge on any atom is -0.505 e. The first kappa shape index (κ1) is 27.6. The Labute approximate surface area is 265 Å². The van der Waals surface area contributed by atoms with Gasteiger partial charge in [0.25, 0.3) is 0 Å². The third-order valence-electron chi connectivity index (χ3n) is 8.72. The molecular weight excluding hydrogens is 705 g/mol. The molecule has 0 N–H and O–H groups in total. The zero-order valence-electron chi connectivity index (χ0n) is 23.8. The average molecular weight is 736 g/mol. The van der Waals surface area contributed by atoms with E-state index in [4.69, 9.17) is 0 Å². The molecule has 1 aliphatic heterocycles. The van der Waals surface area contributed by atoms with Crippen molar-refractivity contribution in [2.24, 2.45) is 0 Å². The number of nitrogens with zero attached hydrogens (tertiary/aromatic N) is 4. The van der Waals surface area contributed by atoms with Crippen LogP contribution in [0.1, 0.15) is 32.1 Å². The maximum atomic E-state index is 4.22. The standard InChI is InChI=1S/C27H23N3.C11H8N.Ir/c1-2-7-19(8-3-1)28-15-16-29(18-28)20-13-14-26-24(17-20)23-11-6-10-22-21-9-4-5-12-25(21)30(26)27(22)23;1-2-6-10(7-3-1)11-8-4-5-9-12-11;/h4-6,9-12,14-19H,1-3,7-8H2;1-6,8-9H;/q-2;-1;+3. The molecule has 1 saturated carbocycles. The second kappa shape index (κ2) is 11.8. The number of hydrogen-bond donors (Lipinski definition) is 0. The Hall–Kier alpha value is -4.18. The van der Waals surface area contributed by atoms with Gasteiger partial charge in [0, 0.05) is 34.0 Å². The molecule has 7 aromatic rings. The molecule has 1 aliphatic carbocycles. The predicted octanol–water partition coefficient (Wildman–Crippen LogP) is 9.23. The van der Waals surface area contributed by atoms with Crippen LogP contribution in [0.15, 0.2) is 116 Å². The monoisotopic (exact) mass is 736 g/mol. The van der Waals surface area contributed by atoms with Gasteiger partial charge in [-0.25, -0.2) is 0 Å². The number of aromatic nitrogens is 2. The molecule has 5 heteroatoms. The van der Waals surface area contributed by atoms with Crippen LogP contribution < -0.4 is 4.90 Å². The summed E-state index contributed by atoms with van der Waals surface area (Å²) < 4.78 is 2.41. The Morgan fingerprint density at radius 1 is 0.721 bits per heavy atom. The van der Waals surface area contributed by atoms with Gasteiger partial charge in [0.2, 0.25) is 0 Å². The number of benzene rings is 4. The maximum absolute atomic E-state index is 4.22. The van der Waals surface area contributed by atoms with E-state index in [-0.39, 0.29) is 20.1 Å². The molecule has 0 bridgehead atoms. The van der Waals surface area contributed by atoms with E-state index in [0.29, 0.717) is 6.04 Å². The van der Waals surface area contributed by atoms with Crippen molar-refractivity contribution in [3.05, 3.63) is 134 Å². The summed E-state index contributed by atoms with van der Waals surface area (Å²) in [6, 6.07) is 40.9. The number of fused-ring (bicyclic) bond motifs is 6. The van der Waals surface area contributed by atoms with Crippen LogP contribution in [0, 0.1) is 18.8 Å². The Kier molecular flexibility index (Phi) is 7.61. The second-order valence-corrected chi connectivity index (χ2v) is 11.2. The van der Waals surface area contributed by atoms with Crippen molar-refractivity contribution in [2.75, 3.05) is 4.90 Å². The number of para-hydroxylation sites is 2. The summed E-state index contributed by atoms with van der Waals surface area (Å²) in [5.41, 5.74) is 6.95. The van der Waals surface area contributed by atoms with Crippen LogP contribution in [-0.2, 0) is 20.1 Å². The molecule has 3 aromatic heterocycles. The molecule has 4 nitrogen and oxygen atoms in total. The topological polar surface area (TPSA) is 23.8 Å². The van der Waals surface area contributed by atoms with Gasteiger partial charge in [-0.05, 0) is 48.5 Å². The van der Waals surface area contributed by atoms with Gasteiger partial charge in [0.05, 0.1) is 0 Å². The van der Waals surface area contributed by atoms with Crippen molar-refractivity contribution >= 4 is 43.8 Å². The molecule has 0 saturated heterocycles. The fourth-order valence-electron chi connectivity index (χ4n) is 6.69. The van der Waals surface area contributed by atoms with Gasteiger partial charge in [-0.3, -0.25) is 0 Å². The smallest absolute Gasteiger partial charge is 0.505 e. The van der Waals surface area contributed by atoms with Crippen LogP contribution in [0.2, 0.25) is 0 Å². The van der Waals surface area contributed by atoms with Crippen molar-refractivity contribution in [2.45, 2.75) is 38.1 Å². The van der Waals surface area contributed by atoms with Gasteiger partial charge in [0.15, 0.2) is 0 Å². The van der Waals surface area contributed by atoms with Crippen molar-refractivity contribution in [1.82, 2.24) is 14.3 Å². The molecule has 4 heterocycles. The molecule has 4 aromatic carbocycles. The first-order valence-electron chi connectivity index (χ1n) is 14.9. The maximum Gasteiger partial charge on any atom is 3.00 e. The van der Waals surface area contributed by atoms with Crippen molar-refractivity contribution in [3.8, 4) is 11.3 Å². The zero-order chi connectivity index (χ0) is 27.9. The Bertz CT molecular complexity index is 1970. The van der Waals surface area contributed by atoms with Crippen LogP contribution in [0.3, 0.4) is 0 Å². The molecule has 2 aliphatic rings. The van der Waals surface area contributed by atoms with E-state index in [0.717, 1.165) is 16.9 Å². The van der Waals surface area contributed by atoms with E-state index in [9.17, 15) is 0 Å². The summed E-state index contributed by atoms with van der Waals surface area (Å²) in [6.07, 6.45) is 12.9. The zero-order valence-corrected chi connectivity index (χ0v) is 26.2. The molecule has 0 radical (unpaired) electrons. The SMILES string of the molecule is [Ir+3].[c-]1cc2c(cc1N1C=CN(C3CCCCC3)[CH-]1)c1cccc3c4ccccc4n2c13.[c-]1ccccc1-c1ccccn1. The molecule has 9 rings (SSSR count). The van der Waals surface area contributed by atoms with E-state index in [1.807, 2.05) is 42.5 Å². The van der Waals surface area contributed by atoms with E-state index in [1.54, 1.807) is 6.20 Å². The Morgan fingerprint density at radius 2 is 1.51 bits per heavy atom. The van der Waals surface area contributed by atoms with E-state index >= 15 is 0 Å². The Balaban J connectivity index is 0.000000195. The van der Waals surface area contributed by atoms with Crippen LogP contribution in [-0.4, -0.2) is 20.3 Å². The van der Waals surface area contributed by atoms with Gasteiger partial charge >= 0.3 is 20.1 Å². The number of anilines is 1. The summed E-state index contributed by atoms with van der Waals surface area (Å²) in [7, 11) is 0. The average Bonchev–Trinajstić information content (AvgIpc) is 3.79. The van der Waals surface area contributed by atoms with E-state index in [2.05, 4.69) is 105 Å². The third-order valence-corrected chi connectivity index (χ3v) is 8.72. The van der Waals surface area contributed by atoms with Gasteiger partial charge in [-0.1, -0.05) is 73.3 Å². The fraction of sp³-hybridized carbons (Fsp3) is 0.158. The van der Waals surface area contributed by atoms with Gasteiger partial charge < -0.3 is 19.2 Å². The summed E-state index contributed by atoms with van der Waals surface area (Å²) in [4.78, 5) is 8.84. The summed E-state index contributed by atoms with van der Waals surface area (Å²) in [5, 5.41) is 5.27. The summed E-state index contributed by atoms with van der Waals surface area (Å²) in [5.74, 6) is 0. The minimum absolute atomic E-state index is 0. The third kappa shape index (κ3) is 4.97. The molecule has 212 valence electrons. The molecule has 0 atom stereocenters.